The van der Waals surface area contributed by atoms with Gasteiger partial charge in [-0.15, -0.1) is 0 Å². The lowest BCUT2D eigenvalue weighted by Crippen LogP contribution is -2.57. The van der Waals surface area contributed by atoms with Crippen molar-refractivity contribution in [3.8, 4) is 17.5 Å². The molecule has 4 aromatic rings. The molecule has 1 aliphatic heterocycles. The molecule has 5 rings (SSSR count). The lowest BCUT2D eigenvalue weighted by atomic mass is 10.1. The number of amides is 2. The van der Waals surface area contributed by atoms with Crippen molar-refractivity contribution in [1.29, 1.82) is 5.26 Å². The quantitative estimate of drug-likeness (QED) is 0.383. The van der Waals surface area contributed by atoms with Crippen LogP contribution in [-0.4, -0.2) is 46.3 Å². The largest absolute Gasteiger partial charge is 0.486 e. The highest BCUT2D eigenvalue weighted by Gasteiger charge is 2.38. The number of benzene rings is 3. The summed E-state index contributed by atoms with van der Waals surface area (Å²) < 4.78 is 7.92. The van der Waals surface area contributed by atoms with Gasteiger partial charge in [-0.1, -0.05) is 43.3 Å². The molecule has 9 heteroatoms. The van der Waals surface area contributed by atoms with Gasteiger partial charge in [0.05, 0.1) is 41.2 Å². The monoisotopic (exact) mass is 522 g/mol. The number of para-hydroxylation sites is 3. The SMILES string of the molecule is CCN[C@@H](C)C(=O)N[C@@H]1C(=O)N(Cc2cccc3c2cnn3-c2ccccc2C#N)c2ccccc2O[C@H]1C. The second-order valence-corrected chi connectivity index (χ2v) is 9.52. The summed E-state index contributed by atoms with van der Waals surface area (Å²) in [7, 11) is 0. The Labute approximate surface area is 227 Å². The predicted molar refractivity (Wildman–Crippen MR) is 149 cm³/mol. The molecule has 1 aliphatic rings. The van der Waals surface area contributed by atoms with E-state index in [9.17, 15) is 14.9 Å². The van der Waals surface area contributed by atoms with Gasteiger partial charge in [-0.2, -0.15) is 10.4 Å². The summed E-state index contributed by atoms with van der Waals surface area (Å²) in [6.45, 7) is 6.35. The maximum absolute atomic E-state index is 14.0. The third-order valence-electron chi connectivity index (χ3n) is 6.96. The van der Waals surface area contributed by atoms with E-state index in [4.69, 9.17) is 4.74 Å². The number of anilines is 1. The van der Waals surface area contributed by atoms with Gasteiger partial charge in [-0.3, -0.25) is 9.59 Å². The second-order valence-electron chi connectivity index (χ2n) is 9.52. The summed E-state index contributed by atoms with van der Waals surface area (Å²) >= 11 is 0. The number of carbonyl (C=O) groups excluding carboxylic acids is 2. The summed E-state index contributed by atoms with van der Waals surface area (Å²) in [6, 6.07) is 21.4. The van der Waals surface area contributed by atoms with Gasteiger partial charge >= 0.3 is 0 Å². The van der Waals surface area contributed by atoms with E-state index < -0.39 is 18.2 Å². The first-order chi connectivity index (χ1) is 18.9. The van der Waals surface area contributed by atoms with Gasteiger partial charge < -0.3 is 20.3 Å². The maximum atomic E-state index is 14.0. The number of likely N-dealkylation sites (N-methyl/N-ethyl adjacent to an activating group) is 1. The molecule has 0 unspecified atom stereocenters. The molecule has 9 nitrogen and oxygen atoms in total. The average Bonchev–Trinajstić information content (AvgIpc) is 3.36. The van der Waals surface area contributed by atoms with E-state index in [1.165, 1.54) is 0 Å². The van der Waals surface area contributed by atoms with Gasteiger partial charge in [0.15, 0.2) is 0 Å². The minimum absolute atomic E-state index is 0.240. The molecular formula is C30H30N6O3. The highest BCUT2D eigenvalue weighted by Crippen LogP contribution is 2.35. The second kappa shape index (κ2) is 11.0. The van der Waals surface area contributed by atoms with Crippen LogP contribution in [0.5, 0.6) is 5.75 Å². The number of nitrogens with one attached hydrogen (secondary N) is 2. The predicted octanol–water partition coefficient (Wildman–Crippen LogP) is 3.69. The van der Waals surface area contributed by atoms with Crippen molar-refractivity contribution < 1.29 is 14.3 Å². The molecular weight excluding hydrogens is 492 g/mol. The zero-order valence-corrected chi connectivity index (χ0v) is 22.1. The van der Waals surface area contributed by atoms with Crippen LogP contribution >= 0.6 is 0 Å². The van der Waals surface area contributed by atoms with E-state index in [0.717, 1.165) is 16.5 Å². The van der Waals surface area contributed by atoms with Crippen LogP contribution in [0.2, 0.25) is 0 Å². The number of rotatable bonds is 7. The molecule has 0 spiro atoms. The fourth-order valence-corrected chi connectivity index (χ4v) is 4.92. The first kappa shape index (κ1) is 25.9. The van der Waals surface area contributed by atoms with Gasteiger partial charge in [0.1, 0.15) is 24.0 Å². The number of ether oxygens (including phenoxy) is 1. The van der Waals surface area contributed by atoms with Gasteiger partial charge in [-0.25, -0.2) is 4.68 Å². The zero-order valence-electron chi connectivity index (χ0n) is 22.1. The molecule has 0 fully saturated rings. The van der Waals surface area contributed by atoms with Crippen molar-refractivity contribution in [1.82, 2.24) is 20.4 Å². The van der Waals surface area contributed by atoms with Crippen LogP contribution < -0.4 is 20.3 Å². The van der Waals surface area contributed by atoms with Crippen molar-refractivity contribution in [3.63, 3.8) is 0 Å². The fraction of sp³-hybridized carbons (Fsp3) is 0.267. The van der Waals surface area contributed by atoms with Crippen LogP contribution in [0, 0.1) is 11.3 Å². The van der Waals surface area contributed by atoms with Crippen molar-refractivity contribution in [3.05, 3.63) is 84.1 Å². The van der Waals surface area contributed by atoms with E-state index >= 15 is 0 Å². The van der Waals surface area contributed by atoms with Crippen molar-refractivity contribution >= 4 is 28.4 Å². The molecule has 39 heavy (non-hydrogen) atoms. The summed E-state index contributed by atoms with van der Waals surface area (Å²) in [5, 5.41) is 21.0. The van der Waals surface area contributed by atoms with Crippen molar-refractivity contribution in [2.45, 2.75) is 45.5 Å². The highest BCUT2D eigenvalue weighted by molar-refractivity contribution is 6.02. The van der Waals surface area contributed by atoms with E-state index in [0.29, 0.717) is 29.2 Å². The zero-order chi connectivity index (χ0) is 27.5. The molecule has 3 atom stereocenters. The third kappa shape index (κ3) is 4.94. The summed E-state index contributed by atoms with van der Waals surface area (Å²) in [6.07, 6.45) is 1.17. The van der Waals surface area contributed by atoms with Crippen LogP contribution in [0.25, 0.3) is 16.6 Å². The average molecular weight is 523 g/mol. The number of fused-ring (bicyclic) bond motifs is 2. The number of hydrogen-bond donors (Lipinski definition) is 2. The first-order valence-corrected chi connectivity index (χ1v) is 13.0. The maximum Gasteiger partial charge on any atom is 0.253 e. The van der Waals surface area contributed by atoms with E-state index in [1.54, 1.807) is 35.7 Å². The van der Waals surface area contributed by atoms with Crippen LogP contribution in [0.1, 0.15) is 31.9 Å². The number of carbonyl (C=O) groups is 2. The van der Waals surface area contributed by atoms with E-state index in [-0.39, 0.29) is 18.4 Å². The Bertz CT molecular complexity index is 1570. The fourth-order valence-electron chi connectivity index (χ4n) is 4.92. The van der Waals surface area contributed by atoms with Crippen LogP contribution in [0.15, 0.2) is 72.9 Å². The minimum Gasteiger partial charge on any atom is -0.486 e. The Morgan fingerprint density at radius 3 is 2.62 bits per heavy atom. The lowest BCUT2D eigenvalue weighted by molar-refractivity contribution is -0.130. The van der Waals surface area contributed by atoms with Crippen LogP contribution in [-0.2, 0) is 16.1 Å². The van der Waals surface area contributed by atoms with Gasteiger partial charge in [-0.05, 0) is 56.3 Å². The molecule has 0 bridgehead atoms. The van der Waals surface area contributed by atoms with Gasteiger partial charge in [0.25, 0.3) is 5.91 Å². The molecule has 2 amide bonds. The topological polar surface area (TPSA) is 112 Å². The molecule has 0 saturated carbocycles. The van der Waals surface area contributed by atoms with Crippen molar-refractivity contribution in [2.75, 3.05) is 11.4 Å². The molecule has 1 aromatic heterocycles. The van der Waals surface area contributed by atoms with Gasteiger partial charge in [0.2, 0.25) is 5.91 Å². The molecule has 0 aliphatic carbocycles. The Kier molecular flexibility index (Phi) is 7.30. The minimum atomic E-state index is -0.879. The summed E-state index contributed by atoms with van der Waals surface area (Å²) in [4.78, 5) is 28.6. The molecule has 2 heterocycles. The lowest BCUT2D eigenvalue weighted by Gasteiger charge is -2.27. The Balaban J connectivity index is 1.54. The Morgan fingerprint density at radius 2 is 1.85 bits per heavy atom. The highest BCUT2D eigenvalue weighted by atomic mass is 16.5. The summed E-state index contributed by atoms with van der Waals surface area (Å²) in [5.41, 5.74) is 3.52. The Morgan fingerprint density at radius 1 is 1.10 bits per heavy atom. The number of hydrogen-bond acceptors (Lipinski definition) is 6. The smallest absolute Gasteiger partial charge is 0.253 e. The van der Waals surface area contributed by atoms with Crippen molar-refractivity contribution in [2.24, 2.45) is 0 Å². The molecule has 0 saturated heterocycles. The molecule has 0 radical (unpaired) electrons. The Hall–Kier alpha value is -4.68. The van der Waals surface area contributed by atoms with E-state index in [1.807, 2.05) is 67.6 Å². The molecule has 3 aromatic carbocycles. The standard InChI is InChI=1S/C30H30N6O3/c1-4-32-19(2)29(37)34-28-20(3)39-27-15-8-7-13-26(27)35(30(28)38)18-22-11-9-14-25-23(22)17-33-36(25)24-12-6-5-10-21(24)16-31/h5-15,17,19-20,28,32H,4,18H2,1-3H3,(H,34,37)/t19-,20-,28-/m0/s1. The first-order valence-electron chi connectivity index (χ1n) is 13.0. The normalized spacial score (nSPS) is 17.6. The number of nitrogens with zero attached hydrogens (tertiary/aromatic N) is 4. The van der Waals surface area contributed by atoms with E-state index in [2.05, 4.69) is 21.8 Å². The van der Waals surface area contributed by atoms with Gasteiger partial charge in [0, 0.05) is 5.39 Å². The molecule has 198 valence electrons. The third-order valence-corrected chi connectivity index (χ3v) is 6.96. The van der Waals surface area contributed by atoms with Crippen LogP contribution in [0.4, 0.5) is 5.69 Å². The number of nitriles is 1. The summed E-state index contributed by atoms with van der Waals surface area (Å²) in [5.74, 6) is 0.0421. The number of aromatic nitrogens is 2. The van der Waals surface area contributed by atoms with Crippen LogP contribution in [0.3, 0.4) is 0 Å². The molecule has 2 N–H and O–H groups in total.